The zero-order valence-electron chi connectivity index (χ0n) is 9.44. The van der Waals surface area contributed by atoms with Crippen LogP contribution >= 0.6 is 10.7 Å². The molecule has 0 spiro atoms. The van der Waals surface area contributed by atoms with Crippen molar-refractivity contribution in [1.29, 1.82) is 0 Å². The molecule has 0 atom stereocenters. The van der Waals surface area contributed by atoms with Crippen LogP contribution in [0.3, 0.4) is 0 Å². The number of ether oxygens (including phenoxy) is 1. The summed E-state index contributed by atoms with van der Waals surface area (Å²) in [4.78, 5) is 11.1. The lowest BCUT2D eigenvalue weighted by Crippen LogP contribution is -2.27. The van der Waals surface area contributed by atoms with E-state index >= 15 is 0 Å². The molecule has 1 amide bonds. The van der Waals surface area contributed by atoms with Gasteiger partial charge in [0, 0.05) is 29.9 Å². The predicted molar refractivity (Wildman–Crippen MR) is 63.6 cm³/mol. The van der Waals surface area contributed by atoms with Crippen molar-refractivity contribution in [2.45, 2.75) is 4.90 Å². The van der Waals surface area contributed by atoms with E-state index in [9.17, 15) is 17.6 Å². The van der Waals surface area contributed by atoms with Gasteiger partial charge in [-0.3, -0.25) is 4.79 Å². The first kappa shape index (κ1) is 14.9. The molecule has 0 fully saturated rings. The van der Waals surface area contributed by atoms with E-state index in [1.165, 1.54) is 7.11 Å². The molecule has 100 valence electrons. The lowest BCUT2D eigenvalue weighted by atomic mass is 10.2. The van der Waals surface area contributed by atoms with E-state index < -0.39 is 25.7 Å². The van der Waals surface area contributed by atoms with Crippen LogP contribution in [-0.4, -0.2) is 34.6 Å². The number of nitrogens with one attached hydrogen (secondary N) is 1. The Morgan fingerprint density at radius 1 is 1.44 bits per heavy atom. The molecule has 0 unspecified atom stereocenters. The van der Waals surface area contributed by atoms with Crippen molar-refractivity contribution in [2.75, 3.05) is 20.3 Å². The number of halogens is 2. The number of amides is 1. The number of rotatable bonds is 5. The van der Waals surface area contributed by atoms with Crippen LogP contribution in [0.4, 0.5) is 4.39 Å². The predicted octanol–water partition coefficient (Wildman–Crippen LogP) is 1.13. The van der Waals surface area contributed by atoms with Gasteiger partial charge >= 0.3 is 0 Å². The standard InChI is InChI=1S/C10H11ClFNO4S/c1-17-3-2-13-10(14)7-4-8(12)6-9(5-7)18(11,15)16/h4-6H,2-3H2,1H3,(H,13,14). The van der Waals surface area contributed by atoms with Crippen molar-refractivity contribution in [3.05, 3.63) is 29.6 Å². The third-order valence-corrected chi connectivity index (χ3v) is 3.34. The molecule has 5 nitrogen and oxygen atoms in total. The largest absolute Gasteiger partial charge is 0.383 e. The molecule has 1 aromatic rings. The molecule has 0 radical (unpaired) electrons. The number of hydrogen-bond acceptors (Lipinski definition) is 4. The summed E-state index contributed by atoms with van der Waals surface area (Å²) in [6, 6.07) is 2.68. The number of benzene rings is 1. The molecule has 0 saturated carbocycles. The lowest BCUT2D eigenvalue weighted by molar-refractivity contribution is 0.0936. The molecule has 0 aromatic heterocycles. The van der Waals surface area contributed by atoms with E-state index in [-0.39, 0.29) is 12.1 Å². The van der Waals surface area contributed by atoms with Crippen LogP contribution in [-0.2, 0) is 13.8 Å². The summed E-state index contributed by atoms with van der Waals surface area (Å²) in [5, 5.41) is 2.44. The van der Waals surface area contributed by atoms with Gasteiger partial charge in [0.05, 0.1) is 11.5 Å². The Bertz CT molecular complexity index is 547. The zero-order chi connectivity index (χ0) is 13.8. The highest BCUT2D eigenvalue weighted by molar-refractivity contribution is 8.13. The van der Waals surface area contributed by atoms with Crippen LogP contribution in [0, 0.1) is 5.82 Å². The molecule has 0 aliphatic rings. The molecule has 0 heterocycles. The monoisotopic (exact) mass is 295 g/mol. The molecule has 1 N–H and O–H groups in total. The van der Waals surface area contributed by atoms with Crippen molar-refractivity contribution < 1.29 is 22.3 Å². The van der Waals surface area contributed by atoms with Gasteiger partial charge in [-0.1, -0.05) is 0 Å². The van der Waals surface area contributed by atoms with Gasteiger partial charge in [0.2, 0.25) is 0 Å². The van der Waals surface area contributed by atoms with Gasteiger partial charge < -0.3 is 10.1 Å². The molecule has 1 aromatic carbocycles. The number of carbonyl (C=O) groups is 1. The van der Waals surface area contributed by atoms with Gasteiger partial charge in [-0.2, -0.15) is 0 Å². The van der Waals surface area contributed by atoms with Crippen LogP contribution in [0.2, 0.25) is 0 Å². The summed E-state index contributed by atoms with van der Waals surface area (Å²) in [5.41, 5.74) is -0.120. The summed E-state index contributed by atoms with van der Waals surface area (Å²) in [5.74, 6) is -1.46. The first-order valence-electron chi connectivity index (χ1n) is 4.87. The normalized spacial score (nSPS) is 11.3. The Kier molecular flexibility index (Phi) is 5.06. The molecule has 0 aliphatic heterocycles. The second-order valence-corrected chi connectivity index (χ2v) is 5.93. The fourth-order valence-corrected chi connectivity index (χ4v) is 1.99. The summed E-state index contributed by atoms with van der Waals surface area (Å²) < 4.78 is 40.0. The Morgan fingerprint density at radius 3 is 2.67 bits per heavy atom. The van der Waals surface area contributed by atoms with Crippen molar-refractivity contribution in [1.82, 2.24) is 5.32 Å². The van der Waals surface area contributed by atoms with Gasteiger partial charge in [0.15, 0.2) is 0 Å². The third kappa shape index (κ3) is 4.25. The highest BCUT2D eigenvalue weighted by Crippen LogP contribution is 2.18. The summed E-state index contributed by atoms with van der Waals surface area (Å²) in [7, 11) is 2.47. The summed E-state index contributed by atoms with van der Waals surface area (Å²) in [6.07, 6.45) is 0. The third-order valence-electron chi connectivity index (χ3n) is 2.01. The van der Waals surface area contributed by atoms with Crippen LogP contribution in [0.25, 0.3) is 0 Å². The van der Waals surface area contributed by atoms with E-state index in [0.717, 1.165) is 18.2 Å². The van der Waals surface area contributed by atoms with E-state index in [1.807, 2.05) is 0 Å². The Morgan fingerprint density at radius 2 is 2.11 bits per heavy atom. The number of carbonyl (C=O) groups excluding carboxylic acids is 1. The van der Waals surface area contributed by atoms with Gasteiger partial charge in [-0.15, -0.1) is 0 Å². The topological polar surface area (TPSA) is 72.5 Å². The van der Waals surface area contributed by atoms with E-state index in [2.05, 4.69) is 5.32 Å². The molecular formula is C10H11ClFNO4S. The quantitative estimate of drug-likeness (QED) is 0.653. The average Bonchev–Trinajstić information content (AvgIpc) is 2.27. The molecule has 18 heavy (non-hydrogen) atoms. The van der Waals surface area contributed by atoms with Crippen LogP contribution in [0.15, 0.2) is 23.1 Å². The molecule has 8 heteroatoms. The summed E-state index contributed by atoms with van der Waals surface area (Å²) >= 11 is 0. The number of hydrogen-bond donors (Lipinski definition) is 1. The van der Waals surface area contributed by atoms with Crippen LogP contribution < -0.4 is 5.32 Å². The Balaban J connectivity index is 2.96. The fourth-order valence-electron chi connectivity index (χ4n) is 1.20. The van der Waals surface area contributed by atoms with Gasteiger partial charge in [0.25, 0.3) is 15.0 Å². The number of methoxy groups -OCH3 is 1. The van der Waals surface area contributed by atoms with Gasteiger partial charge in [-0.25, -0.2) is 12.8 Å². The van der Waals surface area contributed by atoms with Crippen molar-refractivity contribution in [3.63, 3.8) is 0 Å². The van der Waals surface area contributed by atoms with Gasteiger partial charge in [-0.05, 0) is 18.2 Å². The molecule has 0 saturated heterocycles. The second kappa shape index (κ2) is 6.12. The minimum atomic E-state index is -4.08. The second-order valence-electron chi connectivity index (χ2n) is 3.36. The van der Waals surface area contributed by atoms with Crippen LogP contribution in [0.5, 0.6) is 0 Å². The van der Waals surface area contributed by atoms with Gasteiger partial charge in [0.1, 0.15) is 5.82 Å². The highest BCUT2D eigenvalue weighted by atomic mass is 35.7. The van der Waals surface area contributed by atoms with Crippen LogP contribution in [0.1, 0.15) is 10.4 Å². The fraction of sp³-hybridized carbons (Fsp3) is 0.300. The van der Waals surface area contributed by atoms with Crippen molar-refractivity contribution in [3.8, 4) is 0 Å². The smallest absolute Gasteiger partial charge is 0.261 e. The first-order valence-corrected chi connectivity index (χ1v) is 7.18. The minimum absolute atomic E-state index is 0.120. The molecular weight excluding hydrogens is 285 g/mol. The lowest BCUT2D eigenvalue weighted by Gasteiger charge is -2.06. The maximum absolute atomic E-state index is 13.2. The Hall–Kier alpha value is -1.18. The molecule has 0 bridgehead atoms. The molecule has 1 rings (SSSR count). The minimum Gasteiger partial charge on any atom is -0.383 e. The SMILES string of the molecule is COCCNC(=O)c1cc(F)cc(S(=O)(=O)Cl)c1. The Labute approximate surface area is 108 Å². The highest BCUT2D eigenvalue weighted by Gasteiger charge is 2.15. The zero-order valence-corrected chi connectivity index (χ0v) is 11.0. The molecule has 0 aliphatic carbocycles. The van der Waals surface area contributed by atoms with E-state index in [4.69, 9.17) is 15.4 Å². The maximum Gasteiger partial charge on any atom is 0.261 e. The maximum atomic E-state index is 13.2. The first-order chi connectivity index (χ1) is 8.34. The average molecular weight is 296 g/mol. The van der Waals surface area contributed by atoms with Crippen molar-refractivity contribution >= 4 is 25.6 Å². The van der Waals surface area contributed by atoms with Crippen molar-refractivity contribution in [2.24, 2.45) is 0 Å². The van der Waals surface area contributed by atoms with E-state index in [1.54, 1.807) is 0 Å². The summed E-state index contributed by atoms with van der Waals surface area (Å²) in [6.45, 7) is 0.524. The van der Waals surface area contributed by atoms with E-state index in [0.29, 0.717) is 6.61 Å².